The normalized spacial score (nSPS) is 17.2. The van der Waals surface area contributed by atoms with E-state index in [9.17, 15) is 14.7 Å². The van der Waals surface area contributed by atoms with Crippen molar-refractivity contribution in [3.63, 3.8) is 0 Å². The molecule has 6 nitrogen and oxygen atoms in total. The molecular weight excluding hydrogens is 416 g/mol. The number of benzene rings is 3. The maximum absolute atomic E-state index is 13.0. The molecule has 166 valence electrons. The number of carbonyl (C=O) groups is 2. The van der Waals surface area contributed by atoms with E-state index in [0.717, 1.165) is 23.5 Å². The van der Waals surface area contributed by atoms with Crippen LogP contribution in [-0.2, 0) is 4.79 Å². The van der Waals surface area contributed by atoms with Crippen LogP contribution >= 0.6 is 0 Å². The molecule has 1 atom stereocenters. The van der Waals surface area contributed by atoms with Crippen LogP contribution in [0.15, 0.2) is 78.0 Å². The van der Waals surface area contributed by atoms with E-state index in [1.54, 1.807) is 36.4 Å². The molecule has 33 heavy (non-hydrogen) atoms. The van der Waals surface area contributed by atoms with Gasteiger partial charge in [-0.1, -0.05) is 42.5 Å². The Bertz CT molecular complexity index is 1280. The van der Waals surface area contributed by atoms with E-state index in [1.165, 1.54) is 7.11 Å². The zero-order chi connectivity index (χ0) is 22.9. The highest BCUT2D eigenvalue weighted by Crippen LogP contribution is 2.44. The Balaban J connectivity index is 1.61. The molecule has 5 rings (SSSR count). The number of Topliss-reactive ketones (excluding diaryl/α,β-unsaturated/α-hetero) is 1. The summed E-state index contributed by atoms with van der Waals surface area (Å²) in [4.78, 5) is 26.0. The van der Waals surface area contributed by atoms with Gasteiger partial charge >= 0.3 is 0 Å². The number of methoxy groups -OCH3 is 1. The third-order valence-corrected chi connectivity index (χ3v) is 6.21. The monoisotopic (exact) mass is 440 g/mol. The van der Waals surface area contributed by atoms with Crippen molar-refractivity contribution in [3.05, 3.63) is 94.7 Å². The summed E-state index contributed by atoms with van der Waals surface area (Å²) >= 11 is 0. The highest BCUT2D eigenvalue weighted by atomic mass is 16.5. The van der Waals surface area contributed by atoms with E-state index in [0.29, 0.717) is 40.9 Å². The Labute approximate surface area is 191 Å². The first kappa shape index (κ1) is 20.8. The second kappa shape index (κ2) is 8.47. The third-order valence-electron chi connectivity index (χ3n) is 6.21. The summed E-state index contributed by atoms with van der Waals surface area (Å²) in [6.45, 7) is 0. The molecule has 1 unspecified atom stereocenters. The third kappa shape index (κ3) is 3.74. The van der Waals surface area contributed by atoms with Crippen LogP contribution in [0, 0.1) is 0 Å². The molecule has 0 saturated carbocycles. The van der Waals surface area contributed by atoms with E-state index in [2.05, 4.69) is 10.6 Å². The fourth-order valence-corrected chi connectivity index (χ4v) is 4.56. The second-order valence-electron chi connectivity index (χ2n) is 8.22. The van der Waals surface area contributed by atoms with Gasteiger partial charge in [0.05, 0.1) is 24.5 Å². The van der Waals surface area contributed by atoms with Crippen LogP contribution in [0.3, 0.4) is 0 Å². The molecule has 1 aliphatic heterocycles. The lowest BCUT2D eigenvalue weighted by Gasteiger charge is -2.26. The molecule has 0 spiro atoms. The number of phenols is 1. The minimum absolute atomic E-state index is 0.00190. The zero-order valence-corrected chi connectivity index (χ0v) is 18.2. The average Bonchev–Trinajstić information content (AvgIpc) is 3.01. The number of fused-ring (bicyclic) bond motifs is 1. The summed E-state index contributed by atoms with van der Waals surface area (Å²) in [5, 5.41) is 17.7. The Hall–Kier alpha value is -4.06. The van der Waals surface area contributed by atoms with Crippen molar-refractivity contribution < 1.29 is 19.4 Å². The van der Waals surface area contributed by atoms with E-state index >= 15 is 0 Å². The molecule has 3 N–H and O–H groups in total. The molecule has 3 aromatic carbocycles. The van der Waals surface area contributed by atoms with Crippen molar-refractivity contribution in [1.29, 1.82) is 0 Å². The standard InChI is InChI=1S/C27H24N2O4/c1-33-23-12-5-9-18(27(23)32)25-24-20(10-6-11-22(24)30)28-21-15-17(13-14-19(21)29-25)26(31)16-7-3-2-4-8-16/h2-5,7-9,12-15,25,28-29,32H,6,10-11H2,1H3. The number of phenolic OH excluding ortho intramolecular Hbond substituents is 1. The van der Waals surface area contributed by atoms with Gasteiger partial charge in [-0.2, -0.15) is 0 Å². The van der Waals surface area contributed by atoms with Gasteiger partial charge in [-0.3, -0.25) is 9.59 Å². The SMILES string of the molecule is COc1cccc(C2Nc3ccc(C(=O)c4ccccc4)cc3NC3=C2C(=O)CCC3)c1O. The summed E-state index contributed by atoms with van der Waals surface area (Å²) in [5.41, 5.74) is 4.63. The van der Waals surface area contributed by atoms with Crippen molar-refractivity contribution in [2.45, 2.75) is 25.3 Å². The lowest BCUT2D eigenvalue weighted by Crippen LogP contribution is -2.23. The first-order valence-electron chi connectivity index (χ1n) is 11.0. The Kier molecular flexibility index (Phi) is 5.34. The van der Waals surface area contributed by atoms with Gasteiger partial charge in [-0.25, -0.2) is 0 Å². The summed E-state index contributed by atoms with van der Waals surface area (Å²) < 4.78 is 5.29. The van der Waals surface area contributed by atoms with Crippen molar-refractivity contribution in [3.8, 4) is 11.5 Å². The number of hydrogen-bond acceptors (Lipinski definition) is 6. The number of aromatic hydroxyl groups is 1. The van der Waals surface area contributed by atoms with Gasteiger partial charge in [0.25, 0.3) is 0 Å². The van der Waals surface area contributed by atoms with Crippen molar-refractivity contribution >= 4 is 22.9 Å². The smallest absolute Gasteiger partial charge is 0.193 e. The first-order chi connectivity index (χ1) is 16.1. The fraction of sp³-hybridized carbons (Fsp3) is 0.185. The minimum atomic E-state index is -0.549. The van der Waals surface area contributed by atoms with Gasteiger partial charge in [0.15, 0.2) is 23.1 Å². The van der Waals surface area contributed by atoms with E-state index in [-0.39, 0.29) is 17.3 Å². The van der Waals surface area contributed by atoms with Gasteiger partial charge in [-0.15, -0.1) is 0 Å². The zero-order valence-electron chi connectivity index (χ0n) is 18.2. The molecule has 0 aromatic heterocycles. The Morgan fingerprint density at radius 1 is 0.970 bits per heavy atom. The molecule has 0 amide bonds. The summed E-state index contributed by atoms with van der Waals surface area (Å²) in [5.74, 6) is 0.320. The maximum Gasteiger partial charge on any atom is 0.193 e. The maximum atomic E-state index is 13.0. The number of para-hydroxylation sites is 1. The molecule has 0 radical (unpaired) electrons. The minimum Gasteiger partial charge on any atom is -0.504 e. The lowest BCUT2D eigenvalue weighted by molar-refractivity contribution is -0.116. The predicted molar refractivity (Wildman–Crippen MR) is 127 cm³/mol. The molecule has 1 aliphatic carbocycles. The van der Waals surface area contributed by atoms with Crippen LogP contribution in [-0.4, -0.2) is 23.8 Å². The second-order valence-corrected chi connectivity index (χ2v) is 8.22. The highest BCUT2D eigenvalue weighted by Gasteiger charge is 2.34. The van der Waals surface area contributed by atoms with E-state index in [1.807, 2.05) is 30.3 Å². The first-order valence-corrected chi connectivity index (χ1v) is 11.0. The molecule has 0 bridgehead atoms. The molecule has 2 aliphatic rings. The largest absolute Gasteiger partial charge is 0.504 e. The van der Waals surface area contributed by atoms with E-state index < -0.39 is 6.04 Å². The Morgan fingerprint density at radius 3 is 2.58 bits per heavy atom. The number of allylic oxidation sites excluding steroid dienone is 1. The average molecular weight is 440 g/mol. The number of hydrogen-bond donors (Lipinski definition) is 3. The van der Waals surface area contributed by atoms with Gasteiger partial charge in [0.2, 0.25) is 0 Å². The van der Waals surface area contributed by atoms with Crippen LogP contribution in [0.2, 0.25) is 0 Å². The molecular formula is C27H24N2O4. The lowest BCUT2D eigenvalue weighted by atomic mass is 9.86. The van der Waals surface area contributed by atoms with E-state index in [4.69, 9.17) is 4.74 Å². The van der Waals surface area contributed by atoms with Crippen LogP contribution < -0.4 is 15.4 Å². The number of anilines is 2. The van der Waals surface area contributed by atoms with Crippen LogP contribution in [0.5, 0.6) is 11.5 Å². The predicted octanol–water partition coefficient (Wildman–Crippen LogP) is 5.22. The Morgan fingerprint density at radius 2 is 1.79 bits per heavy atom. The van der Waals surface area contributed by atoms with Crippen LogP contribution in [0.25, 0.3) is 0 Å². The quantitative estimate of drug-likeness (QED) is 0.482. The number of carbonyl (C=O) groups excluding carboxylic acids is 2. The molecule has 0 fully saturated rings. The fourth-order valence-electron chi connectivity index (χ4n) is 4.56. The number of rotatable bonds is 4. The van der Waals surface area contributed by atoms with Gasteiger partial charge in [0.1, 0.15) is 0 Å². The van der Waals surface area contributed by atoms with Crippen LogP contribution in [0.4, 0.5) is 11.4 Å². The molecule has 3 aromatic rings. The summed E-state index contributed by atoms with van der Waals surface area (Å²) in [6, 6.07) is 19.3. The molecule has 0 saturated heterocycles. The van der Waals surface area contributed by atoms with Gasteiger partial charge in [0, 0.05) is 34.4 Å². The van der Waals surface area contributed by atoms with Gasteiger partial charge in [-0.05, 0) is 37.1 Å². The number of ketones is 2. The number of nitrogens with one attached hydrogen (secondary N) is 2. The van der Waals surface area contributed by atoms with Gasteiger partial charge < -0.3 is 20.5 Å². The number of ether oxygens (including phenoxy) is 1. The molecule has 6 heteroatoms. The summed E-state index contributed by atoms with van der Waals surface area (Å²) in [7, 11) is 1.50. The van der Waals surface area contributed by atoms with Crippen molar-refractivity contribution in [2.24, 2.45) is 0 Å². The topological polar surface area (TPSA) is 87.7 Å². The molecule has 1 heterocycles. The van der Waals surface area contributed by atoms with Crippen molar-refractivity contribution in [1.82, 2.24) is 0 Å². The highest BCUT2D eigenvalue weighted by molar-refractivity contribution is 6.10. The van der Waals surface area contributed by atoms with Crippen molar-refractivity contribution in [2.75, 3.05) is 17.7 Å². The summed E-state index contributed by atoms with van der Waals surface area (Å²) in [6.07, 6.45) is 1.91. The van der Waals surface area contributed by atoms with Crippen LogP contribution in [0.1, 0.15) is 46.8 Å².